The first-order valence-corrected chi connectivity index (χ1v) is 7.11. The molecule has 112 valence electrons. The third-order valence-electron chi connectivity index (χ3n) is 3.02. The molecule has 0 amide bonds. The van der Waals surface area contributed by atoms with Gasteiger partial charge in [0.05, 0.1) is 22.4 Å². The minimum absolute atomic E-state index is 0.117. The first-order chi connectivity index (χ1) is 10.5. The number of hydrogen-bond donors (Lipinski definition) is 0. The summed E-state index contributed by atoms with van der Waals surface area (Å²) in [5.74, 6) is -0.799. The normalized spacial score (nSPS) is 11.0. The standard InChI is InChI=1S/C13H9N3O5S/c1-2-21-12(18)7-6-14-13-15(11(7)17)10-8(16(19)20)4-3-5-9(10)22-13/h3-6H,2H2,1H3. The van der Waals surface area contributed by atoms with Crippen LogP contribution in [0.2, 0.25) is 0 Å². The molecule has 0 unspecified atom stereocenters. The van der Waals surface area contributed by atoms with E-state index in [0.717, 1.165) is 21.9 Å². The summed E-state index contributed by atoms with van der Waals surface area (Å²) in [6.07, 6.45) is 1.14. The van der Waals surface area contributed by atoms with Crippen molar-refractivity contribution in [1.82, 2.24) is 9.38 Å². The fourth-order valence-corrected chi connectivity index (χ4v) is 3.13. The minimum atomic E-state index is -0.799. The average molecular weight is 319 g/mol. The van der Waals surface area contributed by atoms with Gasteiger partial charge in [0.2, 0.25) is 0 Å². The van der Waals surface area contributed by atoms with Crippen LogP contribution >= 0.6 is 11.3 Å². The van der Waals surface area contributed by atoms with Gasteiger partial charge in [0.25, 0.3) is 11.2 Å². The van der Waals surface area contributed by atoms with E-state index in [-0.39, 0.29) is 28.3 Å². The van der Waals surface area contributed by atoms with Crippen molar-refractivity contribution < 1.29 is 14.5 Å². The summed E-state index contributed by atoms with van der Waals surface area (Å²) in [5.41, 5.74) is -1.01. The maximum absolute atomic E-state index is 12.5. The lowest BCUT2D eigenvalue weighted by molar-refractivity contribution is -0.383. The number of aromatic nitrogens is 2. The van der Waals surface area contributed by atoms with Crippen LogP contribution < -0.4 is 5.56 Å². The molecule has 22 heavy (non-hydrogen) atoms. The SMILES string of the molecule is CCOC(=O)c1cnc2sc3cccc([N+](=O)[O-])c3n2c1=O. The summed E-state index contributed by atoms with van der Waals surface area (Å²) in [6, 6.07) is 4.50. The maximum Gasteiger partial charge on any atom is 0.345 e. The van der Waals surface area contributed by atoms with Gasteiger partial charge in [-0.25, -0.2) is 14.2 Å². The summed E-state index contributed by atoms with van der Waals surface area (Å²) in [5, 5.41) is 11.2. The van der Waals surface area contributed by atoms with Crippen molar-refractivity contribution in [2.45, 2.75) is 6.92 Å². The van der Waals surface area contributed by atoms with Gasteiger partial charge < -0.3 is 4.74 Å². The smallest absolute Gasteiger partial charge is 0.345 e. The average Bonchev–Trinajstić information content (AvgIpc) is 2.86. The van der Waals surface area contributed by atoms with Gasteiger partial charge in [0.1, 0.15) is 11.1 Å². The van der Waals surface area contributed by atoms with Gasteiger partial charge in [-0.1, -0.05) is 17.4 Å². The largest absolute Gasteiger partial charge is 0.462 e. The van der Waals surface area contributed by atoms with Crippen LogP contribution in [0.15, 0.2) is 29.2 Å². The van der Waals surface area contributed by atoms with E-state index in [4.69, 9.17) is 4.74 Å². The number of nitro benzene ring substituents is 1. The first kappa shape index (κ1) is 14.1. The molecule has 0 N–H and O–H groups in total. The summed E-state index contributed by atoms with van der Waals surface area (Å²) in [4.78, 5) is 39.2. The summed E-state index contributed by atoms with van der Waals surface area (Å²) < 4.78 is 6.43. The lowest BCUT2D eigenvalue weighted by Crippen LogP contribution is -2.23. The predicted octanol–water partition coefficient (Wildman–Crippen LogP) is 1.99. The number of fused-ring (bicyclic) bond motifs is 3. The number of benzene rings is 1. The van der Waals surface area contributed by atoms with E-state index in [0.29, 0.717) is 4.70 Å². The van der Waals surface area contributed by atoms with E-state index in [1.807, 2.05) is 0 Å². The van der Waals surface area contributed by atoms with Crippen molar-refractivity contribution in [2.75, 3.05) is 6.61 Å². The Hall–Kier alpha value is -2.81. The molecule has 3 rings (SSSR count). The van der Waals surface area contributed by atoms with Crippen molar-refractivity contribution in [3.05, 3.63) is 50.4 Å². The van der Waals surface area contributed by atoms with Crippen LogP contribution in [0, 0.1) is 10.1 Å². The van der Waals surface area contributed by atoms with E-state index >= 15 is 0 Å². The van der Waals surface area contributed by atoms with Gasteiger partial charge in [-0.3, -0.25) is 14.9 Å². The molecular weight excluding hydrogens is 310 g/mol. The zero-order valence-corrected chi connectivity index (χ0v) is 12.1. The van der Waals surface area contributed by atoms with E-state index in [1.165, 1.54) is 12.1 Å². The number of hydrogen-bond acceptors (Lipinski definition) is 7. The van der Waals surface area contributed by atoms with Gasteiger partial charge in [-0.05, 0) is 13.0 Å². The fraction of sp³-hybridized carbons (Fsp3) is 0.154. The monoisotopic (exact) mass is 319 g/mol. The van der Waals surface area contributed by atoms with Crippen LogP contribution in [0.4, 0.5) is 5.69 Å². The highest BCUT2D eigenvalue weighted by Gasteiger charge is 2.22. The van der Waals surface area contributed by atoms with Crippen LogP contribution in [0.25, 0.3) is 15.2 Å². The molecule has 0 bridgehead atoms. The van der Waals surface area contributed by atoms with Crippen molar-refractivity contribution in [1.29, 1.82) is 0 Å². The highest BCUT2D eigenvalue weighted by Crippen LogP contribution is 2.30. The van der Waals surface area contributed by atoms with Gasteiger partial charge in [0, 0.05) is 6.07 Å². The van der Waals surface area contributed by atoms with Crippen LogP contribution in [0.3, 0.4) is 0 Å². The number of rotatable bonds is 3. The Morgan fingerprint density at radius 3 is 2.95 bits per heavy atom. The Bertz CT molecular complexity index is 975. The number of ether oxygens (including phenoxy) is 1. The topological polar surface area (TPSA) is 104 Å². The summed E-state index contributed by atoms with van der Waals surface area (Å²) in [7, 11) is 0. The molecule has 0 spiro atoms. The molecule has 3 aromatic rings. The Morgan fingerprint density at radius 2 is 2.27 bits per heavy atom. The fourth-order valence-electron chi connectivity index (χ4n) is 2.12. The van der Waals surface area contributed by atoms with Crippen LogP contribution in [0.5, 0.6) is 0 Å². The number of nitrogens with zero attached hydrogens (tertiary/aromatic N) is 3. The maximum atomic E-state index is 12.5. The van der Waals surface area contributed by atoms with E-state index in [2.05, 4.69) is 4.98 Å². The molecular formula is C13H9N3O5S. The molecule has 0 fully saturated rings. The zero-order chi connectivity index (χ0) is 15.9. The van der Waals surface area contributed by atoms with E-state index in [1.54, 1.807) is 13.0 Å². The van der Waals surface area contributed by atoms with Crippen LogP contribution in [-0.2, 0) is 4.74 Å². The highest BCUT2D eigenvalue weighted by molar-refractivity contribution is 7.23. The molecule has 8 nitrogen and oxygen atoms in total. The molecule has 0 atom stereocenters. The molecule has 2 heterocycles. The van der Waals surface area contributed by atoms with Gasteiger partial charge in [-0.2, -0.15) is 0 Å². The van der Waals surface area contributed by atoms with Gasteiger partial charge in [-0.15, -0.1) is 0 Å². The van der Waals surface area contributed by atoms with Crippen LogP contribution in [0.1, 0.15) is 17.3 Å². The molecule has 0 aliphatic heterocycles. The second-order valence-corrected chi connectivity index (χ2v) is 5.31. The lowest BCUT2D eigenvalue weighted by Gasteiger charge is -2.01. The zero-order valence-electron chi connectivity index (χ0n) is 11.3. The van der Waals surface area contributed by atoms with Gasteiger partial charge >= 0.3 is 5.97 Å². The van der Waals surface area contributed by atoms with Crippen molar-refractivity contribution in [3.63, 3.8) is 0 Å². The van der Waals surface area contributed by atoms with Crippen molar-refractivity contribution >= 4 is 38.2 Å². The first-order valence-electron chi connectivity index (χ1n) is 6.29. The third kappa shape index (κ3) is 2.02. The molecule has 0 saturated carbocycles. The molecule has 0 radical (unpaired) electrons. The summed E-state index contributed by atoms with van der Waals surface area (Å²) in [6.45, 7) is 1.73. The predicted molar refractivity (Wildman–Crippen MR) is 79.5 cm³/mol. The number of thiazole rings is 1. The number of non-ortho nitro benzene ring substituents is 1. The number of carbonyl (C=O) groups excluding carboxylic acids is 1. The second-order valence-electron chi connectivity index (χ2n) is 4.30. The molecule has 0 aliphatic carbocycles. The summed E-state index contributed by atoms with van der Waals surface area (Å²) >= 11 is 1.14. The molecule has 2 aromatic heterocycles. The lowest BCUT2D eigenvalue weighted by atomic mass is 10.3. The number of esters is 1. The Balaban J connectivity index is 2.42. The quantitative estimate of drug-likeness (QED) is 0.415. The van der Waals surface area contributed by atoms with Crippen molar-refractivity contribution in [2.24, 2.45) is 0 Å². The molecule has 9 heteroatoms. The third-order valence-corrected chi connectivity index (χ3v) is 4.04. The number of para-hydroxylation sites is 1. The Morgan fingerprint density at radius 1 is 1.50 bits per heavy atom. The Kier molecular flexibility index (Phi) is 3.33. The van der Waals surface area contributed by atoms with Crippen molar-refractivity contribution in [3.8, 4) is 0 Å². The Labute approximate surface area is 126 Å². The highest BCUT2D eigenvalue weighted by atomic mass is 32.1. The van der Waals surface area contributed by atoms with Crippen LogP contribution in [-0.4, -0.2) is 26.9 Å². The molecule has 1 aromatic carbocycles. The molecule has 0 saturated heterocycles. The molecule has 0 aliphatic rings. The minimum Gasteiger partial charge on any atom is -0.462 e. The number of carbonyl (C=O) groups is 1. The second kappa shape index (κ2) is 5.19. The van der Waals surface area contributed by atoms with Gasteiger partial charge in [0.15, 0.2) is 4.96 Å². The van der Waals surface area contributed by atoms with E-state index < -0.39 is 16.5 Å². The number of nitro groups is 1. The van der Waals surface area contributed by atoms with E-state index in [9.17, 15) is 19.7 Å².